The minimum atomic E-state index is 0.486. The van der Waals surface area contributed by atoms with E-state index in [1.165, 1.54) is 38.8 Å². The molecule has 0 aromatic heterocycles. The highest BCUT2D eigenvalue weighted by atomic mass is 16.5. The van der Waals surface area contributed by atoms with Gasteiger partial charge in [0.2, 0.25) is 0 Å². The molecule has 0 radical (unpaired) electrons. The maximum atomic E-state index is 5.87. The second kappa shape index (κ2) is 5.28. The number of hydrogen-bond acceptors (Lipinski definition) is 3. The van der Waals surface area contributed by atoms with Crippen LogP contribution < -0.4 is 5.32 Å². The molecular weight excluding hydrogens is 188 g/mol. The molecule has 0 bridgehead atoms. The van der Waals surface area contributed by atoms with Crippen LogP contribution in [-0.2, 0) is 4.74 Å². The van der Waals surface area contributed by atoms with E-state index in [0.29, 0.717) is 18.2 Å². The first-order valence-corrected chi connectivity index (χ1v) is 6.33. The Labute approximate surface area is 93.2 Å². The summed E-state index contributed by atoms with van der Waals surface area (Å²) in [5.74, 6) is 0. The van der Waals surface area contributed by atoms with Crippen LogP contribution in [0.1, 0.15) is 32.6 Å². The van der Waals surface area contributed by atoms with Gasteiger partial charge in [0.25, 0.3) is 0 Å². The van der Waals surface area contributed by atoms with Gasteiger partial charge in [0.05, 0.1) is 12.2 Å². The van der Waals surface area contributed by atoms with Gasteiger partial charge < -0.3 is 10.1 Å². The van der Waals surface area contributed by atoms with E-state index in [1.54, 1.807) is 0 Å². The molecule has 2 fully saturated rings. The zero-order chi connectivity index (χ0) is 10.7. The van der Waals surface area contributed by atoms with Crippen molar-refractivity contribution in [3.05, 3.63) is 0 Å². The molecule has 3 atom stereocenters. The maximum absolute atomic E-state index is 5.87. The average Bonchev–Trinajstić information content (AvgIpc) is 2.64. The van der Waals surface area contributed by atoms with Gasteiger partial charge in [-0.25, -0.2) is 0 Å². The molecule has 0 amide bonds. The number of ether oxygens (including phenoxy) is 1. The zero-order valence-electron chi connectivity index (χ0n) is 10.0. The lowest BCUT2D eigenvalue weighted by atomic mass is 10.1. The molecule has 2 aliphatic heterocycles. The highest BCUT2D eigenvalue weighted by Crippen LogP contribution is 2.21. The number of piperidine rings is 1. The molecule has 3 unspecified atom stereocenters. The zero-order valence-corrected chi connectivity index (χ0v) is 10.0. The summed E-state index contributed by atoms with van der Waals surface area (Å²) in [6.07, 6.45) is 6.13. The Morgan fingerprint density at radius 3 is 2.87 bits per heavy atom. The lowest BCUT2D eigenvalue weighted by Gasteiger charge is -2.33. The van der Waals surface area contributed by atoms with Gasteiger partial charge >= 0.3 is 0 Å². The molecule has 0 aromatic rings. The van der Waals surface area contributed by atoms with Gasteiger partial charge in [-0.15, -0.1) is 0 Å². The fourth-order valence-electron chi connectivity index (χ4n) is 2.76. The molecule has 3 heteroatoms. The molecule has 2 rings (SSSR count). The van der Waals surface area contributed by atoms with Crippen LogP contribution in [-0.4, -0.2) is 49.8 Å². The van der Waals surface area contributed by atoms with Crippen molar-refractivity contribution in [3.8, 4) is 0 Å². The average molecular weight is 212 g/mol. The van der Waals surface area contributed by atoms with Crippen molar-refractivity contribution in [3.63, 3.8) is 0 Å². The summed E-state index contributed by atoms with van der Waals surface area (Å²) in [6, 6.07) is 0.692. The molecule has 88 valence electrons. The Bertz CT molecular complexity index is 198. The molecule has 0 saturated carbocycles. The first kappa shape index (κ1) is 11.4. The molecule has 3 nitrogen and oxygen atoms in total. The second-order valence-electron chi connectivity index (χ2n) is 5.03. The molecule has 2 saturated heterocycles. The van der Waals surface area contributed by atoms with E-state index in [9.17, 15) is 0 Å². The lowest BCUT2D eigenvalue weighted by molar-refractivity contribution is 0.0248. The Morgan fingerprint density at radius 2 is 2.20 bits per heavy atom. The van der Waals surface area contributed by atoms with E-state index < -0.39 is 0 Å². The van der Waals surface area contributed by atoms with E-state index in [0.717, 1.165) is 6.54 Å². The van der Waals surface area contributed by atoms with Crippen LogP contribution >= 0.6 is 0 Å². The van der Waals surface area contributed by atoms with Crippen molar-refractivity contribution in [2.45, 2.75) is 50.9 Å². The van der Waals surface area contributed by atoms with Crippen LogP contribution in [0.15, 0.2) is 0 Å². The van der Waals surface area contributed by atoms with Gasteiger partial charge in [-0.2, -0.15) is 0 Å². The van der Waals surface area contributed by atoms with Gasteiger partial charge in [0, 0.05) is 19.1 Å². The fourth-order valence-corrected chi connectivity index (χ4v) is 2.76. The van der Waals surface area contributed by atoms with Gasteiger partial charge in [-0.05, 0) is 46.2 Å². The molecular formula is C12H24N2O. The number of nitrogens with one attached hydrogen (secondary N) is 1. The predicted molar refractivity (Wildman–Crippen MR) is 62.1 cm³/mol. The van der Waals surface area contributed by atoms with Gasteiger partial charge in [-0.3, -0.25) is 4.90 Å². The Hall–Kier alpha value is -0.120. The predicted octanol–water partition coefficient (Wildman–Crippen LogP) is 1.24. The molecule has 0 aliphatic carbocycles. The van der Waals surface area contributed by atoms with Crippen molar-refractivity contribution in [2.75, 3.05) is 26.7 Å². The van der Waals surface area contributed by atoms with Gasteiger partial charge in [0.1, 0.15) is 0 Å². The second-order valence-corrected chi connectivity index (χ2v) is 5.03. The van der Waals surface area contributed by atoms with E-state index in [4.69, 9.17) is 4.74 Å². The summed E-state index contributed by atoms with van der Waals surface area (Å²) in [5.41, 5.74) is 0. The third-order valence-corrected chi connectivity index (χ3v) is 3.70. The number of nitrogens with zero attached hydrogens (tertiary/aromatic N) is 1. The Morgan fingerprint density at radius 1 is 1.33 bits per heavy atom. The number of hydrogen-bond donors (Lipinski definition) is 1. The van der Waals surface area contributed by atoms with Crippen LogP contribution in [0.25, 0.3) is 0 Å². The lowest BCUT2D eigenvalue weighted by Crippen LogP contribution is -2.46. The smallest absolute Gasteiger partial charge is 0.0706 e. The molecule has 2 aliphatic rings. The van der Waals surface area contributed by atoms with E-state index in [1.807, 2.05) is 0 Å². The third-order valence-electron chi connectivity index (χ3n) is 3.70. The fraction of sp³-hybridized carbons (Fsp3) is 1.00. The van der Waals surface area contributed by atoms with E-state index in [-0.39, 0.29) is 0 Å². The van der Waals surface area contributed by atoms with Crippen molar-refractivity contribution in [1.82, 2.24) is 10.2 Å². The Kier molecular flexibility index (Phi) is 4.00. The summed E-state index contributed by atoms with van der Waals surface area (Å²) in [5, 5.41) is 3.39. The quantitative estimate of drug-likeness (QED) is 0.762. The summed E-state index contributed by atoms with van der Waals surface area (Å²) < 4.78 is 5.87. The minimum Gasteiger partial charge on any atom is -0.374 e. The standard InChI is InChI=1S/C12H24N2O/c1-10-5-6-12(15-10)9-14-7-3-4-11(8-14)13-2/h10-13H,3-9H2,1-2H3. The molecule has 15 heavy (non-hydrogen) atoms. The summed E-state index contributed by atoms with van der Waals surface area (Å²) in [6.45, 7) is 5.78. The summed E-state index contributed by atoms with van der Waals surface area (Å²) >= 11 is 0. The van der Waals surface area contributed by atoms with Gasteiger partial charge in [-0.1, -0.05) is 0 Å². The van der Waals surface area contributed by atoms with Crippen LogP contribution in [0.3, 0.4) is 0 Å². The van der Waals surface area contributed by atoms with Crippen LogP contribution in [0.2, 0.25) is 0 Å². The normalized spacial score (nSPS) is 38.4. The van der Waals surface area contributed by atoms with Crippen molar-refractivity contribution < 1.29 is 4.74 Å². The highest BCUT2D eigenvalue weighted by Gasteiger charge is 2.26. The minimum absolute atomic E-state index is 0.486. The van der Waals surface area contributed by atoms with Crippen LogP contribution in [0, 0.1) is 0 Å². The first-order valence-electron chi connectivity index (χ1n) is 6.33. The number of likely N-dealkylation sites (N-methyl/N-ethyl adjacent to an activating group) is 1. The molecule has 1 N–H and O–H groups in total. The van der Waals surface area contributed by atoms with Crippen molar-refractivity contribution in [1.29, 1.82) is 0 Å². The number of likely N-dealkylation sites (tertiary alicyclic amines) is 1. The topological polar surface area (TPSA) is 24.5 Å². The first-order chi connectivity index (χ1) is 7.28. The van der Waals surface area contributed by atoms with Crippen LogP contribution in [0.4, 0.5) is 0 Å². The largest absolute Gasteiger partial charge is 0.374 e. The van der Waals surface area contributed by atoms with Crippen molar-refractivity contribution in [2.24, 2.45) is 0 Å². The molecule has 2 heterocycles. The highest BCUT2D eigenvalue weighted by molar-refractivity contribution is 4.81. The SMILES string of the molecule is CNC1CCCN(CC2CCC(C)O2)C1. The Balaban J connectivity index is 1.74. The maximum Gasteiger partial charge on any atom is 0.0706 e. The van der Waals surface area contributed by atoms with E-state index >= 15 is 0 Å². The van der Waals surface area contributed by atoms with Crippen LogP contribution in [0.5, 0.6) is 0 Å². The summed E-state index contributed by atoms with van der Waals surface area (Å²) in [7, 11) is 2.07. The molecule has 0 aromatic carbocycles. The number of rotatable bonds is 3. The monoisotopic (exact) mass is 212 g/mol. The van der Waals surface area contributed by atoms with Gasteiger partial charge in [0.15, 0.2) is 0 Å². The third kappa shape index (κ3) is 3.16. The molecule has 0 spiro atoms. The van der Waals surface area contributed by atoms with Crippen molar-refractivity contribution >= 4 is 0 Å². The summed E-state index contributed by atoms with van der Waals surface area (Å²) in [4.78, 5) is 2.56. The van der Waals surface area contributed by atoms with E-state index in [2.05, 4.69) is 24.2 Å².